The van der Waals surface area contributed by atoms with Gasteiger partial charge >= 0.3 is 0 Å². The summed E-state index contributed by atoms with van der Waals surface area (Å²) in [5, 5.41) is 2.82. The second kappa shape index (κ2) is 13.0. The van der Waals surface area contributed by atoms with Gasteiger partial charge in [-0.25, -0.2) is 0 Å². The van der Waals surface area contributed by atoms with Crippen LogP contribution in [0.1, 0.15) is 39.0 Å². The van der Waals surface area contributed by atoms with Crippen molar-refractivity contribution in [3.8, 4) is 0 Å². The van der Waals surface area contributed by atoms with Crippen molar-refractivity contribution in [2.24, 2.45) is 11.7 Å². The highest BCUT2D eigenvalue weighted by Crippen LogP contribution is 2.18. The van der Waals surface area contributed by atoms with Crippen molar-refractivity contribution in [1.82, 2.24) is 10.2 Å². The second-order valence-electron chi connectivity index (χ2n) is 5.47. The minimum absolute atomic E-state index is 0. The summed E-state index contributed by atoms with van der Waals surface area (Å²) >= 11 is 1.85. The van der Waals surface area contributed by atoms with E-state index in [1.807, 2.05) is 16.7 Å². The Morgan fingerprint density at radius 3 is 2.82 bits per heavy atom. The lowest BCUT2D eigenvalue weighted by Crippen LogP contribution is -2.46. The highest BCUT2D eigenvalue weighted by molar-refractivity contribution is 7.99. The molecule has 1 saturated heterocycles. The average molecular weight is 352 g/mol. The number of rotatable bonds is 9. The molecular weight excluding hydrogens is 322 g/mol. The van der Waals surface area contributed by atoms with E-state index in [4.69, 9.17) is 5.73 Å². The van der Waals surface area contributed by atoms with Crippen LogP contribution in [0.25, 0.3) is 0 Å². The molecule has 0 aromatic carbocycles. The number of hydrogen-bond acceptors (Lipinski definition) is 4. The molecule has 1 unspecified atom stereocenters. The van der Waals surface area contributed by atoms with E-state index >= 15 is 0 Å². The van der Waals surface area contributed by atoms with Gasteiger partial charge in [0.1, 0.15) is 0 Å². The molecule has 0 aliphatic carbocycles. The van der Waals surface area contributed by atoms with Gasteiger partial charge in [0.2, 0.25) is 11.8 Å². The predicted octanol–water partition coefficient (Wildman–Crippen LogP) is 1.65. The predicted molar refractivity (Wildman–Crippen MR) is 95.5 cm³/mol. The Hall–Kier alpha value is -0.460. The molecule has 1 atom stereocenters. The molecule has 130 valence electrons. The van der Waals surface area contributed by atoms with Crippen LogP contribution < -0.4 is 11.1 Å². The first-order chi connectivity index (χ1) is 10.2. The van der Waals surface area contributed by atoms with E-state index in [9.17, 15) is 9.59 Å². The molecule has 5 nitrogen and oxygen atoms in total. The lowest BCUT2D eigenvalue weighted by Gasteiger charge is -2.32. The third-order valence-corrected chi connectivity index (χ3v) is 4.76. The van der Waals surface area contributed by atoms with Crippen LogP contribution in [-0.4, -0.2) is 54.4 Å². The fourth-order valence-electron chi connectivity index (χ4n) is 2.42. The SMILES string of the molecule is CCCCSCCC(=O)N1CCCC(C(=O)NCCN)C1.Cl. The molecule has 22 heavy (non-hydrogen) atoms. The van der Waals surface area contributed by atoms with Crippen molar-refractivity contribution < 1.29 is 9.59 Å². The average Bonchev–Trinajstić information content (AvgIpc) is 2.52. The van der Waals surface area contributed by atoms with Gasteiger partial charge in [0.15, 0.2) is 0 Å². The van der Waals surface area contributed by atoms with Gasteiger partial charge in [-0.15, -0.1) is 12.4 Å². The number of thioether (sulfide) groups is 1. The molecule has 0 spiro atoms. The number of carbonyl (C=O) groups excluding carboxylic acids is 2. The number of nitrogens with zero attached hydrogens (tertiary/aromatic N) is 1. The minimum atomic E-state index is -0.0676. The van der Waals surface area contributed by atoms with Gasteiger partial charge in [-0.1, -0.05) is 13.3 Å². The Balaban J connectivity index is 0.00000441. The number of unbranched alkanes of at least 4 members (excludes halogenated alkanes) is 1. The van der Waals surface area contributed by atoms with Crippen molar-refractivity contribution >= 4 is 36.0 Å². The molecule has 1 rings (SSSR count). The number of piperidine rings is 1. The molecule has 0 saturated carbocycles. The van der Waals surface area contributed by atoms with Crippen LogP contribution in [0.5, 0.6) is 0 Å². The standard InChI is InChI=1S/C15H29N3O2S.ClH/c1-2-3-10-21-11-6-14(19)18-9-4-5-13(12-18)15(20)17-8-7-16;/h13H,2-12,16H2,1H3,(H,17,20);1H. The van der Waals surface area contributed by atoms with E-state index in [-0.39, 0.29) is 30.1 Å². The lowest BCUT2D eigenvalue weighted by atomic mass is 9.97. The highest BCUT2D eigenvalue weighted by atomic mass is 35.5. The van der Waals surface area contributed by atoms with E-state index in [1.54, 1.807) is 0 Å². The fourth-order valence-corrected chi connectivity index (χ4v) is 3.44. The first-order valence-corrected chi connectivity index (χ1v) is 9.17. The Morgan fingerprint density at radius 2 is 2.14 bits per heavy atom. The van der Waals surface area contributed by atoms with E-state index in [2.05, 4.69) is 12.2 Å². The third-order valence-electron chi connectivity index (χ3n) is 3.69. The van der Waals surface area contributed by atoms with Gasteiger partial charge in [0, 0.05) is 38.4 Å². The molecule has 1 aliphatic rings. The Labute approximate surface area is 144 Å². The van der Waals surface area contributed by atoms with E-state index in [0.717, 1.165) is 30.9 Å². The van der Waals surface area contributed by atoms with Crippen LogP contribution in [0, 0.1) is 5.92 Å². The van der Waals surface area contributed by atoms with Crippen LogP contribution in [0.4, 0.5) is 0 Å². The minimum Gasteiger partial charge on any atom is -0.355 e. The summed E-state index contributed by atoms with van der Waals surface area (Å²) in [6.07, 6.45) is 4.78. The molecule has 0 aromatic rings. The normalized spacial score (nSPS) is 17.7. The number of amides is 2. The Bertz CT molecular complexity index is 332. The number of hydrogen-bond donors (Lipinski definition) is 2. The van der Waals surface area contributed by atoms with Crippen LogP contribution in [0.15, 0.2) is 0 Å². The Kier molecular flexibility index (Phi) is 12.8. The molecule has 2 amide bonds. The first kappa shape index (κ1) is 21.5. The molecule has 1 heterocycles. The van der Waals surface area contributed by atoms with Crippen LogP contribution in [0.3, 0.4) is 0 Å². The number of halogens is 1. The molecule has 3 N–H and O–H groups in total. The molecule has 0 radical (unpaired) electrons. The van der Waals surface area contributed by atoms with Gasteiger partial charge in [-0.05, 0) is 25.0 Å². The summed E-state index contributed by atoms with van der Waals surface area (Å²) in [4.78, 5) is 26.0. The van der Waals surface area contributed by atoms with E-state index in [1.165, 1.54) is 12.8 Å². The summed E-state index contributed by atoms with van der Waals surface area (Å²) in [6, 6.07) is 0. The van der Waals surface area contributed by atoms with Crippen molar-refractivity contribution in [2.45, 2.75) is 39.0 Å². The van der Waals surface area contributed by atoms with Crippen molar-refractivity contribution in [1.29, 1.82) is 0 Å². The summed E-state index contributed by atoms with van der Waals surface area (Å²) in [5.41, 5.74) is 5.39. The highest BCUT2D eigenvalue weighted by Gasteiger charge is 2.27. The van der Waals surface area contributed by atoms with Gasteiger partial charge in [-0.2, -0.15) is 11.8 Å². The summed E-state index contributed by atoms with van der Waals surface area (Å²) < 4.78 is 0. The molecule has 1 aliphatic heterocycles. The van der Waals surface area contributed by atoms with Gasteiger partial charge in [-0.3, -0.25) is 9.59 Å². The number of nitrogens with two attached hydrogens (primary N) is 1. The van der Waals surface area contributed by atoms with Crippen molar-refractivity contribution in [3.63, 3.8) is 0 Å². The lowest BCUT2D eigenvalue weighted by molar-refractivity contribution is -0.135. The van der Waals surface area contributed by atoms with Crippen LogP contribution >= 0.6 is 24.2 Å². The summed E-state index contributed by atoms with van der Waals surface area (Å²) in [5.74, 6) is 2.18. The monoisotopic (exact) mass is 351 g/mol. The maximum absolute atomic E-state index is 12.2. The van der Waals surface area contributed by atoms with Crippen molar-refractivity contribution in [2.75, 3.05) is 37.7 Å². The fraction of sp³-hybridized carbons (Fsp3) is 0.867. The number of likely N-dealkylation sites (tertiary alicyclic amines) is 1. The maximum Gasteiger partial charge on any atom is 0.224 e. The van der Waals surface area contributed by atoms with E-state index in [0.29, 0.717) is 26.1 Å². The zero-order valence-corrected chi connectivity index (χ0v) is 15.1. The van der Waals surface area contributed by atoms with E-state index < -0.39 is 0 Å². The largest absolute Gasteiger partial charge is 0.355 e. The number of nitrogens with one attached hydrogen (secondary N) is 1. The van der Waals surface area contributed by atoms with Crippen LogP contribution in [0.2, 0.25) is 0 Å². The van der Waals surface area contributed by atoms with Crippen LogP contribution in [-0.2, 0) is 9.59 Å². The zero-order valence-electron chi connectivity index (χ0n) is 13.5. The molecule has 1 fully saturated rings. The topological polar surface area (TPSA) is 75.4 Å². The molecule has 7 heteroatoms. The smallest absolute Gasteiger partial charge is 0.224 e. The van der Waals surface area contributed by atoms with Gasteiger partial charge in [0.05, 0.1) is 5.92 Å². The molecule has 0 bridgehead atoms. The quantitative estimate of drug-likeness (QED) is 0.619. The summed E-state index contributed by atoms with van der Waals surface area (Å²) in [7, 11) is 0. The second-order valence-corrected chi connectivity index (χ2v) is 6.70. The van der Waals surface area contributed by atoms with Gasteiger partial charge in [0.25, 0.3) is 0 Å². The molecule has 0 aromatic heterocycles. The van der Waals surface area contributed by atoms with Gasteiger partial charge < -0.3 is 16.0 Å². The Morgan fingerprint density at radius 1 is 1.36 bits per heavy atom. The number of carbonyl (C=O) groups is 2. The van der Waals surface area contributed by atoms with Crippen molar-refractivity contribution in [3.05, 3.63) is 0 Å². The maximum atomic E-state index is 12.2. The third kappa shape index (κ3) is 8.25. The molecular formula is C15H30ClN3O2S. The summed E-state index contributed by atoms with van der Waals surface area (Å²) in [6.45, 7) is 4.50. The zero-order chi connectivity index (χ0) is 15.5. The first-order valence-electron chi connectivity index (χ1n) is 8.02.